The first-order valence-electron chi connectivity index (χ1n) is 7.84. The van der Waals surface area contributed by atoms with Crippen molar-refractivity contribution in [1.82, 2.24) is 25.4 Å². The van der Waals surface area contributed by atoms with Gasteiger partial charge in [0.1, 0.15) is 5.82 Å². The third kappa shape index (κ3) is 4.50. The van der Waals surface area contributed by atoms with Gasteiger partial charge in [-0.2, -0.15) is 11.8 Å². The van der Waals surface area contributed by atoms with E-state index < -0.39 is 0 Å². The van der Waals surface area contributed by atoms with Gasteiger partial charge in [-0.05, 0) is 31.4 Å². The fourth-order valence-electron chi connectivity index (χ4n) is 2.90. The molecule has 2 N–H and O–H groups in total. The van der Waals surface area contributed by atoms with Crippen molar-refractivity contribution in [2.75, 3.05) is 19.3 Å². The van der Waals surface area contributed by atoms with E-state index in [1.165, 1.54) is 31.4 Å². The topological polar surface area (TPSA) is 67.1 Å². The monoisotopic (exact) mass is 436 g/mol. The number of guanidine groups is 1. The molecule has 0 spiro atoms. The van der Waals surface area contributed by atoms with Gasteiger partial charge in [0.15, 0.2) is 11.8 Å². The molecule has 3 rings (SSSR count). The third-order valence-corrected chi connectivity index (χ3v) is 5.49. The average molecular weight is 436 g/mol. The van der Waals surface area contributed by atoms with Crippen molar-refractivity contribution in [2.45, 2.75) is 50.4 Å². The zero-order chi connectivity index (χ0) is 14.5. The number of aliphatic imine (C=N–C) groups is 1. The SMILES string of the molecule is CN=C(NCc1nnc2n1CCCC2)NCC1CCCS1.I. The fraction of sp³-hybridized carbons (Fsp3) is 0.786. The smallest absolute Gasteiger partial charge is 0.191 e. The Morgan fingerprint density at radius 1 is 1.32 bits per heavy atom. The number of nitrogens with one attached hydrogen (secondary N) is 2. The maximum absolute atomic E-state index is 4.31. The summed E-state index contributed by atoms with van der Waals surface area (Å²) in [5.41, 5.74) is 0. The Hall–Kier alpha value is -0.510. The first-order chi connectivity index (χ1) is 10.4. The summed E-state index contributed by atoms with van der Waals surface area (Å²) in [7, 11) is 1.82. The lowest BCUT2D eigenvalue weighted by Gasteiger charge is -2.17. The van der Waals surface area contributed by atoms with Gasteiger partial charge in [0.05, 0.1) is 6.54 Å². The second-order valence-electron chi connectivity index (χ2n) is 5.58. The van der Waals surface area contributed by atoms with Crippen molar-refractivity contribution >= 4 is 41.7 Å². The Kier molecular flexibility index (Phi) is 7.26. The van der Waals surface area contributed by atoms with Crippen LogP contribution in [0.1, 0.15) is 37.3 Å². The standard InChI is InChI=1S/C14H24N6S.HI/c1-15-14(16-9-11-5-4-8-21-11)17-10-13-19-18-12-6-2-3-7-20(12)13;/h11H,2-10H2,1H3,(H2,15,16,17);1H. The van der Waals surface area contributed by atoms with Gasteiger partial charge in [-0.1, -0.05) is 0 Å². The van der Waals surface area contributed by atoms with Gasteiger partial charge in [-0.3, -0.25) is 4.99 Å². The van der Waals surface area contributed by atoms with E-state index in [9.17, 15) is 0 Å². The maximum Gasteiger partial charge on any atom is 0.191 e. The highest BCUT2D eigenvalue weighted by Gasteiger charge is 2.17. The first kappa shape index (κ1) is 17.8. The Morgan fingerprint density at radius 2 is 2.23 bits per heavy atom. The molecule has 1 unspecified atom stereocenters. The minimum Gasteiger partial charge on any atom is -0.355 e. The van der Waals surface area contributed by atoms with Crippen molar-refractivity contribution in [3.05, 3.63) is 11.6 Å². The van der Waals surface area contributed by atoms with Crippen LogP contribution in [0.2, 0.25) is 0 Å². The van der Waals surface area contributed by atoms with Crippen molar-refractivity contribution < 1.29 is 0 Å². The molecular weight excluding hydrogens is 411 g/mol. The maximum atomic E-state index is 4.31. The number of thioether (sulfide) groups is 1. The van der Waals surface area contributed by atoms with Gasteiger partial charge in [0.2, 0.25) is 0 Å². The number of aromatic nitrogens is 3. The summed E-state index contributed by atoms with van der Waals surface area (Å²) >= 11 is 2.06. The number of nitrogens with zero attached hydrogens (tertiary/aromatic N) is 4. The molecule has 1 atom stereocenters. The molecule has 1 aromatic rings. The Bertz CT molecular complexity index is 498. The molecule has 6 nitrogen and oxygen atoms in total. The van der Waals surface area contributed by atoms with E-state index >= 15 is 0 Å². The predicted octanol–water partition coefficient (Wildman–Crippen LogP) is 1.79. The van der Waals surface area contributed by atoms with Gasteiger partial charge in [0.25, 0.3) is 0 Å². The van der Waals surface area contributed by atoms with E-state index in [4.69, 9.17) is 0 Å². The van der Waals surface area contributed by atoms with Crippen molar-refractivity contribution in [3.63, 3.8) is 0 Å². The molecule has 0 aromatic carbocycles. The van der Waals surface area contributed by atoms with Gasteiger partial charge in [-0.25, -0.2) is 0 Å². The number of fused-ring (bicyclic) bond motifs is 1. The van der Waals surface area contributed by atoms with E-state index in [1.807, 2.05) is 7.05 Å². The minimum absolute atomic E-state index is 0. The van der Waals surface area contributed by atoms with Crippen molar-refractivity contribution in [3.8, 4) is 0 Å². The zero-order valence-corrected chi connectivity index (χ0v) is 16.2. The Morgan fingerprint density at radius 3 is 3.00 bits per heavy atom. The molecule has 8 heteroatoms. The van der Waals surface area contributed by atoms with Crippen LogP contribution in [-0.4, -0.2) is 45.3 Å². The van der Waals surface area contributed by atoms with Crippen LogP contribution in [0, 0.1) is 0 Å². The Balaban J connectivity index is 0.00000176. The summed E-state index contributed by atoms with van der Waals surface area (Å²) in [5.74, 6) is 4.30. The number of aryl methyl sites for hydroxylation is 1. The van der Waals surface area contributed by atoms with Crippen LogP contribution in [0.4, 0.5) is 0 Å². The predicted molar refractivity (Wildman–Crippen MR) is 102 cm³/mol. The summed E-state index contributed by atoms with van der Waals surface area (Å²) in [6.07, 6.45) is 6.16. The molecule has 0 bridgehead atoms. The van der Waals surface area contributed by atoms with Crippen molar-refractivity contribution in [2.24, 2.45) is 4.99 Å². The lowest BCUT2D eigenvalue weighted by molar-refractivity contribution is 0.504. The highest BCUT2D eigenvalue weighted by Crippen LogP contribution is 2.25. The third-order valence-electron chi connectivity index (χ3n) is 4.09. The molecule has 0 amide bonds. The van der Waals surface area contributed by atoms with Crippen LogP contribution < -0.4 is 10.6 Å². The first-order valence-corrected chi connectivity index (χ1v) is 8.89. The van der Waals surface area contributed by atoms with Gasteiger partial charge in [0, 0.05) is 31.8 Å². The summed E-state index contributed by atoms with van der Waals surface area (Å²) in [6.45, 7) is 2.72. The van der Waals surface area contributed by atoms with Crippen LogP contribution >= 0.6 is 35.7 Å². The lowest BCUT2D eigenvalue weighted by Crippen LogP contribution is -2.40. The molecule has 1 fully saturated rings. The second kappa shape index (κ2) is 8.95. The van der Waals surface area contributed by atoms with E-state index in [2.05, 4.69) is 42.2 Å². The van der Waals surface area contributed by atoms with Crippen molar-refractivity contribution in [1.29, 1.82) is 0 Å². The molecule has 3 heterocycles. The van der Waals surface area contributed by atoms with Crippen LogP contribution in [0.15, 0.2) is 4.99 Å². The summed E-state index contributed by atoms with van der Waals surface area (Å²) in [4.78, 5) is 4.29. The molecule has 0 aliphatic carbocycles. The Labute approximate surface area is 153 Å². The second-order valence-corrected chi connectivity index (χ2v) is 6.99. The molecule has 1 aromatic heterocycles. The normalized spacial score (nSPS) is 21.1. The number of hydrogen-bond donors (Lipinski definition) is 2. The lowest BCUT2D eigenvalue weighted by atomic mass is 10.2. The summed E-state index contributed by atoms with van der Waals surface area (Å²) in [5, 5.41) is 16.1. The fourth-order valence-corrected chi connectivity index (χ4v) is 4.10. The quantitative estimate of drug-likeness (QED) is 0.428. The van der Waals surface area contributed by atoms with Crippen LogP contribution in [0.25, 0.3) is 0 Å². The average Bonchev–Trinajstić information content (AvgIpc) is 3.17. The van der Waals surface area contributed by atoms with E-state index in [0.717, 1.165) is 42.4 Å². The molecule has 1 saturated heterocycles. The molecule has 0 radical (unpaired) electrons. The van der Waals surface area contributed by atoms with Gasteiger partial charge < -0.3 is 15.2 Å². The summed E-state index contributed by atoms with van der Waals surface area (Å²) in [6, 6.07) is 0. The van der Waals surface area contributed by atoms with Crippen LogP contribution in [0.5, 0.6) is 0 Å². The molecule has 0 saturated carbocycles. The van der Waals surface area contributed by atoms with Gasteiger partial charge >= 0.3 is 0 Å². The van der Waals surface area contributed by atoms with Crippen LogP contribution in [-0.2, 0) is 19.5 Å². The molecule has 2 aliphatic rings. The molecule has 2 aliphatic heterocycles. The highest BCUT2D eigenvalue weighted by atomic mass is 127. The molecule has 22 heavy (non-hydrogen) atoms. The van der Waals surface area contributed by atoms with E-state index in [-0.39, 0.29) is 24.0 Å². The number of rotatable bonds is 4. The minimum atomic E-state index is 0. The highest BCUT2D eigenvalue weighted by molar-refractivity contribution is 14.0. The number of halogens is 1. The van der Waals surface area contributed by atoms with E-state index in [0.29, 0.717) is 6.54 Å². The van der Waals surface area contributed by atoms with Gasteiger partial charge in [-0.15, -0.1) is 34.2 Å². The zero-order valence-electron chi connectivity index (χ0n) is 13.0. The molecular formula is C14H25IN6S. The number of hydrogen-bond acceptors (Lipinski definition) is 4. The molecule has 124 valence electrons. The summed E-state index contributed by atoms with van der Waals surface area (Å²) < 4.78 is 2.25. The van der Waals surface area contributed by atoms with E-state index in [1.54, 1.807) is 0 Å². The largest absolute Gasteiger partial charge is 0.355 e. The van der Waals surface area contributed by atoms with Crippen LogP contribution in [0.3, 0.4) is 0 Å².